The molecule has 1 rings (SSSR count). The number of imide groups is 1. The third-order valence-corrected chi connectivity index (χ3v) is 2.14. The Morgan fingerprint density at radius 1 is 1.29 bits per heavy atom. The van der Waals surface area contributed by atoms with Gasteiger partial charge in [-0.25, -0.2) is 4.79 Å². The van der Waals surface area contributed by atoms with E-state index in [4.69, 9.17) is 0 Å². The van der Waals surface area contributed by atoms with Crippen LogP contribution >= 0.6 is 0 Å². The minimum Gasteiger partial charge on any atom is -0.453 e. The molecule has 0 saturated heterocycles. The fourth-order valence-electron chi connectivity index (χ4n) is 1.40. The van der Waals surface area contributed by atoms with Crippen LogP contribution in [0.5, 0.6) is 0 Å². The molecule has 1 N–H and O–H groups in total. The van der Waals surface area contributed by atoms with Crippen LogP contribution in [0, 0.1) is 0 Å². The van der Waals surface area contributed by atoms with Gasteiger partial charge in [0, 0.05) is 6.54 Å². The zero-order chi connectivity index (χ0) is 12.7. The Labute approximate surface area is 100 Å². The van der Waals surface area contributed by atoms with Gasteiger partial charge in [-0.1, -0.05) is 30.3 Å². The summed E-state index contributed by atoms with van der Waals surface area (Å²) in [6.45, 7) is 0.791. The SMILES string of the molecule is COC(=O)NC(=O)CN(C)Cc1ccccc1. The molecule has 5 heteroatoms. The lowest BCUT2D eigenvalue weighted by Crippen LogP contribution is -2.38. The molecule has 0 atom stereocenters. The third-order valence-electron chi connectivity index (χ3n) is 2.14. The van der Waals surface area contributed by atoms with Gasteiger partial charge in [0.25, 0.3) is 0 Å². The minimum atomic E-state index is -0.733. The van der Waals surface area contributed by atoms with Crippen LogP contribution in [0.1, 0.15) is 5.56 Å². The van der Waals surface area contributed by atoms with Crippen LogP contribution in [0.3, 0.4) is 0 Å². The number of nitrogens with zero attached hydrogens (tertiary/aromatic N) is 1. The van der Waals surface area contributed by atoms with Gasteiger partial charge in [-0.2, -0.15) is 0 Å². The number of ether oxygens (including phenoxy) is 1. The van der Waals surface area contributed by atoms with E-state index in [0.29, 0.717) is 6.54 Å². The molecule has 1 aromatic carbocycles. The van der Waals surface area contributed by atoms with Gasteiger partial charge in [-0.3, -0.25) is 15.0 Å². The quantitative estimate of drug-likeness (QED) is 0.847. The van der Waals surface area contributed by atoms with Crippen molar-refractivity contribution in [1.29, 1.82) is 0 Å². The monoisotopic (exact) mass is 236 g/mol. The first-order valence-corrected chi connectivity index (χ1v) is 5.22. The molecule has 0 aliphatic carbocycles. The summed E-state index contributed by atoms with van der Waals surface area (Å²) in [7, 11) is 3.03. The number of methoxy groups -OCH3 is 1. The Morgan fingerprint density at radius 2 is 1.94 bits per heavy atom. The minimum absolute atomic E-state index is 0.143. The number of rotatable bonds is 4. The molecule has 0 unspecified atom stereocenters. The lowest BCUT2D eigenvalue weighted by atomic mass is 10.2. The number of alkyl carbamates (subject to hydrolysis) is 1. The van der Waals surface area contributed by atoms with Crippen LogP contribution in [-0.2, 0) is 16.1 Å². The fraction of sp³-hybridized carbons (Fsp3) is 0.333. The molecule has 1 aromatic rings. The van der Waals surface area contributed by atoms with E-state index in [0.717, 1.165) is 5.56 Å². The van der Waals surface area contributed by atoms with Gasteiger partial charge >= 0.3 is 6.09 Å². The maximum absolute atomic E-state index is 11.4. The smallest absolute Gasteiger partial charge is 0.413 e. The predicted molar refractivity (Wildman–Crippen MR) is 63.3 cm³/mol. The number of hydrogen-bond acceptors (Lipinski definition) is 4. The second kappa shape index (κ2) is 6.65. The summed E-state index contributed by atoms with van der Waals surface area (Å²) < 4.78 is 4.33. The van der Waals surface area contributed by atoms with E-state index in [-0.39, 0.29) is 12.5 Å². The van der Waals surface area contributed by atoms with Gasteiger partial charge in [0.2, 0.25) is 5.91 Å². The normalized spacial score (nSPS) is 10.1. The van der Waals surface area contributed by atoms with Gasteiger partial charge in [-0.15, -0.1) is 0 Å². The molecule has 0 aromatic heterocycles. The van der Waals surface area contributed by atoms with E-state index in [9.17, 15) is 9.59 Å². The highest BCUT2D eigenvalue weighted by Gasteiger charge is 2.10. The average Bonchev–Trinajstić information content (AvgIpc) is 2.29. The second-order valence-electron chi connectivity index (χ2n) is 3.70. The summed E-state index contributed by atoms with van der Waals surface area (Å²) in [5.41, 5.74) is 1.11. The number of likely N-dealkylation sites (N-methyl/N-ethyl adjacent to an activating group) is 1. The Kier molecular flexibility index (Phi) is 5.16. The number of nitrogens with one attached hydrogen (secondary N) is 1. The first kappa shape index (κ1) is 13.2. The lowest BCUT2D eigenvalue weighted by molar-refractivity contribution is -0.121. The highest BCUT2D eigenvalue weighted by Crippen LogP contribution is 2.01. The molecule has 0 radical (unpaired) electrons. The van der Waals surface area contributed by atoms with Crippen molar-refractivity contribution in [1.82, 2.24) is 10.2 Å². The van der Waals surface area contributed by atoms with E-state index >= 15 is 0 Å². The Hall–Kier alpha value is -1.88. The molecular weight excluding hydrogens is 220 g/mol. The Morgan fingerprint density at radius 3 is 2.53 bits per heavy atom. The molecule has 0 saturated carbocycles. The standard InChI is InChI=1S/C12H16N2O3/c1-14(8-10-6-4-3-5-7-10)9-11(15)13-12(16)17-2/h3-7H,8-9H2,1-2H3,(H,13,15,16). The summed E-state index contributed by atoms with van der Waals surface area (Å²) in [5, 5.41) is 2.10. The highest BCUT2D eigenvalue weighted by molar-refractivity contribution is 5.92. The van der Waals surface area contributed by atoms with Crippen LogP contribution in [0.2, 0.25) is 0 Å². The molecular formula is C12H16N2O3. The van der Waals surface area contributed by atoms with Gasteiger partial charge in [0.05, 0.1) is 13.7 Å². The average molecular weight is 236 g/mol. The summed E-state index contributed by atoms with van der Waals surface area (Å²) in [6, 6.07) is 9.78. The number of amides is 2. The maximum atomic E-state index is 11.4. The van der Waals surface area contributed by atoms with Crippen molar-refractivity contribution < 1.29 is 14.3 Å². The zero-order valence-electron chi connectivity index (χ0n) is 9.97. The zero-order valence-corrected chi connectivity index (χ0v) is 9.97. The van der Waals surface area contributed by atoms with Crippen LogP contribution in [0.4, 0.5) is 4.79 Å². The predicted octanol–water partition coefficient (Wildman–Crippen LogP) is 1.00. The van der Waals surface area contributed by atoms with Crippen LogP contribution in [0.25, 0.3) is 0 Å². The molecule has 2 amide bonds. The van der Waals surface area contributed by atoms with E-state index in [2.05, 4.69) is 10.1 Å². The van der Waals surface area contributed by atoms with Crippen molar-refractivity contribution in [2.45, 2.75) is 6.54 Å². The third kappa shape index (κ3) is 5.12. The fourth-order valence-corrected chi connectivity index (χ4v) is 1.40. The van der Waals surface area contributed by atoms with Crippen molar-refractivity contribution in [3.8, 4) is 0 Å². The number of carbonyl (C=O) groups is 2. The molecule has 0 heterocycles. The van der Waals surface area contributed by atoms with Gasteiger partial charge in [0.1, 0.15) is 0 Å². The van der Waals surface area contributed by atoms with Crippen molar-refractivity contribution >= 4 is 12.0 Å². The van der Waals surface area contributed by atoms with Crippen molar-refractivity contribution in [3.63, 3.8) is 0 Å². The topological polar surface area (TPSA) is 58.6 Å². The Balaban J connectivity index is 2.37. The highest BCUT2D eigenvalue weighted by atomic mass is 16.5. The summed E-state index contributed by atoms with van der Waals surface area (Å²) in [4.78, 5) is 24.0. The Bertz CT molecular complexity index is 379. The maximum Gasteiger partial charge on any atom is 0.413 e. The van der Waals surface area contributed by atoms with Crippen LogP contribution in [-0.4, -0.2) is 37.6 Å². The van der Waals surface area contributed by atoms with Gasteiger partial charge < -0.3 is 4.74 Å². The van der Waals surface area contributed by atoms with Crippen molar-refractivity contribution in [3.05, 3.63) is 35.9 Å². The number of benzene rings is 1. The second-order valence-corrected chi connectivity index (χ2v) is 3.70. The van der Waals surface area contributed by atoms with E-state index < -0.39 is 6.09 Å². The van der Waals surface area contributed by atoms with Crippen molar-refractivity contribution in [2.24, 2.45) is 0 Å². The molecule has 92 valence electrons. The molecule has 0 fully saturated rings. The summed E-state index contributed by atoms with van der Waals surface area (Å²) >= 11 is 0. The molecule has 17 heavy (non-hydrogen) atoms. The van der Waals surface area contributed by atoms with Gasteiger partial charge in [0.15, 0.2) is 0 Å². The molecule has 0 aliphatic heterocycles. The first-order chi connectivity index (χ1) is 8.11. The number of carbonyl (C=O) groups excluding carboxylic acids is 2. The van der Waals surface area contributed by atoms with Gasteiger partial charge in [-0.05, 0) is 12.6 Å². The molecule has 0 aliphatic rings. The molecule has 0 bridgehead atoms. The largest absolute Gasteiger partial charge is 0.453 e. The number of hydrogen-bond donors (Lipinski definition) is 1. The van der Waals surface area contributed by atoms with E-state index in [1.807, 2.05) is 42.3 Å². The molecule has 0 spiro atoms. The molecule has 5 nitrogen and oxygen atoms in total. The first-order valence-electron chi connectivity index (χ1n) is 5.22. The van der Waals surface area contributed by atoms with Crippen molar-refractivity contribution in [2.75, 3.05) is 20.7 Å². The van der Waals surface area contributed by atoms with E-state index in [1.165, 1.54) is 7.11 Å². The van der Waals surface area contributed by atoms with E-state index in [1.54, 1.807) is 0 Å². The van der Waals surface area contributed by atoms with Crippen LogP contribution in [0.15, 0.2) is 30.3 Å². The summed E-state index contributed by atoms with van der Waals surface area (Å²) in [6.07, 6.45) is -0.733. The van der Waals surface area contributed by atoms with Crippen LogP contribution < -0.4 is 5.32 Å². The summed E-state index contributed by atoms with van der Waals surface area (Å²) in [5.74, 6) is -0.379. The lowest BCUT2D eigenvalue weighted by Gasteiger charge is -2.15.